The lowest BCUT2D eigenvalue weighted by molar-refractivity contribution is -0.193. The highest BCUT2D eigenvalue weighted by Crippen LogP contribution is 2.21. The molecule has 3 heterocycles. The van der Waals surface area contributed by atoms with Crippen LogP contribution in [0, 0.1) is 11.3 Å². The molecule has 0 aliphatic carbocycles. The second kappa shape index (κ2) is 19.5. The summed E-state index contributed by atoms with van der Waals surface area (Å²) in [5.74, 6) is -0.894. The van der Waals surface area contributed by atoms with Gasteiger partial charge in [0.2, 0.25) is 11.7 Å². The molecule has 48 heavy (non-hydrogen) atoms. The Balaban J connectivity index is 0.000000855. The van der Waals surface area contributed by atoms with Gasteiger partial charge in [-0.05, 0) is 18.9 Å². The number of aromatic nitrogens is 2. The smallest absolute Gasteiger partial charge is 0.475 e. The third kappa shape index (κ3) is 17.0. The molecule has 0 saturated carbocycles. The summed E-state index contributed by atoms with van der Waals surface area (Å²) < 4.78 is 95.2. The zero-order valence-corrected chi connectivity index (χ0v) is 24.8. The molecular weight excluding hydrogens is 705 g/mol. The Bertz CT molecular complexity index is 1220. The number of nitrogens with zero attached hydrogens (tertiary/aromatic N) is 6. The first-order valence-corrected chi connectivity index (χ1v) is 13.8. The van der Waals surface area contributed by atoms with Crippen LogP contribution in [0.25, 0.3) is 0 Å². The molecule has 0 aromatic carbocycles. The lowest BCUT2D eigenvalue weighted by atomic mass is 10.0. The van der Waals surface area contributed by atoms with Gasteiger partial charge in [0.25, 0.3) is 0 Å². The highest BCUT2D eigenvalue weighted by Gasteiger charge is 2.39. The number of amides is 1. The minimum absolute atomic E-state index is 0.0871. The van der Waals surface area contributed by atoms with Crippen molar-refractivity contribution in [1.82, 2.24) is 24.8 Å². The molecule has 2 fully saturated rings. The minimum atomic E-state index is -5.08. The van der Waals surface area contributed by atoms with Crippen molar-refractivity contribution in [3.8, 4) is 6.07 Å². The minimum Gasteiger partial charge on any atom is -0.475 e. The SMILES string of the molecule is N#CC1CSCN1C(=O)CN(N)C1CCN(CC(=O)c2ncccn2)CC1.O=C(O)C(F)(F)F.O=C(O)C(F)(F)F.O=C(O)C(F)(F)F. The van der Waals surface area contributed by atoms with Gasteiger partial charge in [0, 0.05) is 37.3 Å². The highest BCUT2D eigenvalue weighted by atomic mass is 32.2. The first-order valence-electron chi connectivity index (χ1n) is 12.6. The average molecular weight is 732 g/mol. The number of nitriles is 1. The molecule has 270 valence electrons. The lowest BCUT2D eigenvalue weighted by Crippen LogP contribution is -2.53. The van der Waals surface area contributed by atoms with E-state index in [0.29, 0.717) is 11.6 Å². The highest BCUT2D eigenvalue weighted by molar-refractivity contribution is 7.99. The van der Waals surface area contributed by atoms with Crippen LogP contribution in [0.5, 0.6) is 0 Å². The number of halogens is 9. The zero-order chi connectivity index (χ0) is 37.5. The van der Waals surface area contributed by atoms with E-state index in [1.807, 2.05) is 0 Å². The Hall–Kier alpha value is -4.28. The van der Waals surface area contributed by atoms with E-state index in [9.17, 15) is 49.1 Å². The predicted octanol–water partition coefficient (Wildman–Crippen LogP) is 1.62. The van der Waals surface area contributed by atoms with Gasteiger partial charge in [-0.15, -0.1) is 11.8 Å². The summed E-state index contributed by atoms with van der Waals surface area (Å²) in [5, 5.41) is 32.1. The Morgan fingerprint density at radius 1 is 0.896 bits per heavy atom. The number of ketones is 1. The zero-order valence-electron chi connectivity index (χ0n) is 24.0. The van der Waals surface area contributed by atoms with E-state index in [0.717, 1.165) is 25.9 Å². The molecule has 1 amide bonds. The van der Waals surface area contributed by atoms with E-state index in [4.69, 9.17) is 40.8 Å². The molecule has 0 radical (unpaired) electrons. The molecule has 25 heteroatoms. The van der Waals surface area contributed by atoms with Crippen molar-refractivity contribution in [3.63, 3.8) is 0 Å². The molecule has 0 spiro atoms. The molecule has 15 nitrogen and oxygen atoms in total. The van der Waals surface area contributed by atoms with Crippen LogP contribution >= 0.6 is 11.8 Å². The van der Waals surface area contributed by atoms with Gasteiger partial charge in [-0.2, -0.15) is 44.8 Å². The molecular formula is C23H26F9N7O8S. The number of alkyl halides is 9. The van der Waals surface area contributed by atoms with Gasteiger partial charge in [0.1, 0.15) is 6.04 Å². The van der Waals surface area contributed by atoms with Gasteiger partial charge < -0.3 is 20.2 Å². The second-order valence-electron chi connectivity index (χ2n) is 9.09. The van der Waals surface area contributed by atoms with Gasteiger partial charge in [-0.25, -0.2) is 29.4 Å². The monoisotopic (exact) mass is 731 g/mol. The average Bonchev–Trinajstić information content (AvgIpc) is 3.47. The number of carboxylic acid groups (broad SMARTS) is 3. The third-order valence-corrected chi connectivity index (χ3v) is 6.62. The number of Topliss-reactive ketones (excluding diaryl/α,β-unsaturated/α-hetero) is 1. The Morgan fingerprint density at radius 2 is 1.31 bits per heavy atom. The quantitative estimate of drug-likeness (QED) is 0.141. The third-order valence-electron chi connectivity index (χ3n) is 5.61. The van der Waals surface area contributed by atoms with Gasteiger partial charge in [-0.3, -0.25) is 20.3 Å². The lowest BCUT2D eigenvalue weighted by Gasteiger charge is -2.36. The van der Waals surface area contributed by atoms with Crippen molar-refractivity contribution in [2.45, 2.75) is 43.5 Å². The Kier molecular flexibility index (Phi) is 17.8. The van der Waals surface area contributed by atoms with Gasteiger partial charge >= 0.3 is 36.4 Å². The number of likely N-dealkylation sites (tertiary alicyclic amines) is 1. The van der Waals surface area contributed by atoms with Crippen LogP contribution in [-0.4, -0.2) is 138 Å². The van der Waals surface area contributed by atoms with Crippen molar-refractivity contribution >= 4 is 41.4 Å². The van der Waals surface area contributed by atoms with Crippen LogP contribution in [0.2, 0.25) is 0 Å². The number of hydrogen-bond donors (Lipinski definition) is 4. The molecule has 2 aliphatic heterocycles. The summed E-state index contributed by atoms with van der Waals surface area (Å²) in [6.45, 7) is 1.85. The Morgan fingerprint density at radius 3 is 1.69 bits per heavy atom. The van der Waals surface area contributed by atoms with Gasteiger partial charge in [0.15, 0.2) is 5.82 Å². The molecule has 1 unspecified atom stereocenters. The van der Waals surface area contributed by atoms with E-state index in [1.54, 1.807) is 40.1 Å². The van der Waals surface area contributed by atoms with Gasteiger partial charge in [0.05, 0.1) is 25.0 Å². The normalized spacial score (nSPS) is 17.0. The van der Waals surface area contributed by atoms with Crippen LogP contribution in [-0.2, 0) is 19.2 Å². The number of carbonyl (C=O) groups is 5. The fourth-order valence-corrected chi connectivity index (χ4v) is 4.40. The van der Waals surface area contributed by atoms with Crippen LogP contribution < -0.4 is 5.84 Å². The first kappa shape index (κ1) is 43.7. The number of thioether (sulfide) groups is 1. The summed E-state index contributed by atoms with van der Waals surface area (Å²) in [4.78, 5) is 62.9. The number of aliphatic carboxylic acids is 3. The standard InChI is InChI=1S/C17H23N7O2S.3C2HF3O2/c18-8-14-11-27-12-23(14)16(26)10-24(19)13-2-6-22(7-3-13)9-15(25)17-20-4-1-5-21-17;3*3-2(4,5)1(6)7/h1,4-5,13-14H,2-3,6-7,9-12,19H2;3*(H,6,7). The largest absolute Gasteiger partial charge is 0.490 e. The summed E-state index contributed by atoms with van der Waals surface area (Å²) in [6.07, 6.45) is -10.6. The number of carbonyl (C=O) groups excluding carboxylic acids is 2. The van der Waals surface area contributed by atoms with E-state index in [2.05, 4.69) is 20.9 Å². The second-order valence-corrected chi connectivity index (χ2v) is 10.1. The van der Waals surface area contributed by atoms with Crippen LogP contribution in [0.4, 0.5) is 39.5 Å². The molecule has 3 rings (SSSR count). The van der Waals surface area contributed by atoms with Crippen LogP contribution in [0.3, 0.4) is 0 Å². The van der Waals surface area contributed by atoms with E-state index in [1.165, 1.54) is 0 Å². The first-order chi connectivity index (χ1) is 21.9. The van der Waals surface area contributed by atoms with Crippen LogP contribution in [0.15, 0.2) is 18.5 Å². The van der Waals surface area contributed by atoms with Gasteiger partial charge in [-0.1, -0.05) is 0 Å². The summed E-state index contributed by atoms with van der Waals surface area (Å²) in [5.41, 5.74) is 0. The Labute approximate surface area is 268 Å². The van der Waals surface area contributed by atoms with Crippen molar-refractivity contribution in [3.05, 3.63) is 24.3 Å². The molecule has 1 atom stereocenters. The molecule has 2 aliphatic rings. The molecule has 2 saturated heterocycles. The maximum absolute atomic E-state index is 12.4. The fraction of sp³-hybridized carbons (Fsp3) is 0.565. The van der Waals surface area contributed by atoms with E-state index >= 15 is 0 Å². The fourth-order valence-electron chi connectivity index (χ4n) is 3.30. The molecule has 0 bridgehead atoms. The topological polar surface area (TPSA) is 231 Å². The molecule has 1 aromatic rings. The number of hydrazine groups is 1. The van der Waals surface area contributed by atoms with Crippen molar-refractivity contribution in [1.29, 1.82) is 5.26 Å². The van der Waals surface area contributed by atoms with Crippen LogP contribution in [0.1, 0.15) is 23.5 Å². The summed E-state index contributed by atoms with van der Waals surface area (Å²) in [6, 6.07) is 3.57. The number of rotatable bonds is 6. The molecule has 5 N–H and O–H groups in total. The maximum Gasteiger partial charge on any atom is 0.490 e. The van der Waals surface area contributed by atoms with Crippen molar-refractivity contribution in [2.75, 3.05) is 37.8 Å². The number of carboxylic acids is 3. The van der Waals surface area contributed by atoms with Crippen molar-refractivity contribution in [2.24, 2.45) is 5.84 Å². The number of nitrogens with two attached hydrogens (primary N) is 1. The summed E-state index contributed by atoms with van der Waals surface area (Å²) >= 11 is 1.58. The summed E-state index contributed by atoms with van der Waals surface area (Å²) in [7, 11) is 0. The number of hydrogen-bond acceptors (Lipinski definition) is 12. The maximum atomic E-state index is 12.4. The van der Waals surface area contributed by atoms with E-state index < -0.39 is 36.4 Å². The van der Waals surface area contributed by atoms with E-state index in [-0.39, 0.29) is 42.7 Å². The van der Waals surface area contributed by atoms with Crippen molar-refractivity contribution < 1.29 is 78.8 Å². The predicted molar refractivity (Wildman–Crippen MR) is 141 cm³/mol. The molecule has 1 aromatic heterocycles. The number of piperidine rings is 1.